The van der Waals surface area contributed by atoms with E-state index < -0.39 is 0 Å². The summed E-state index contributed by atoms with van der Waals surface area (Å²) in [5.41, 5.74) is 2.48. The highest BCUT2D eigenvalue weighted by Crippen LogP contribution is 2.33. The van der Waals surface area contributed by atoms with Crippen molar-refractivity contribution in [1.82, 2.24) is 9.80 Å². The molecule has 160 valence electrons. The van der Waals surface area contributed by atoms with E-state index in [9.17, 15) is 4.79 Å². The number of hydrogen-bond acceptors (Lipinski definition) is 4. The second-order valence-corrected chi connectivity index (χ2v) is 8.55. The molecule has 0 N–H and O–H groups in total. The van der Waals surface area contributed by atoms with E-state index in [4.69, 9.17) is 9.47 Å². The molecule has 2 saturated heterocycles. The van der Waals surface area contributed by atoms with Gasteiger partial charge >= 0.3 is 0 Å². The SMILES string of the molecule is COc1ccc(CN2CC[C@@H]3CC(=O)N(Cc4ccc(OC)cc4)CC[C@H]3C2)cc1. The summed E-state index contributed by atoms with van der Waals surface area (Å²) in [5, 5.41) is 0. The van der Waals surface area contributed by atoms with Gasteiger partial charge in [0.1, 0.15) is 11.5 Å². The van der Waals surface area contributed by atoms with Gasteiger partial charge in [-0.25, -0.2) is 0 Å². The summed E-state index contributed by atoms with van der Waals surface area (Å²) in [6.07, 6.45) is 2.89. The fourth-order valence-electron chi connectivity index (χ4n) is 4.80. The highest BCUT2D eigenvalue weighted by Gasteiger charge is 2.34. The predicted molar refractivity (Wildman–Crippen MR) is 118 cm³/mol. The molecule has 5 nitrogen and oxygen atoms in total. The van der Waals surface area contributed by atoms with Crippen LogP contribution in [0.5, 0.6) is 11.5 Å². The van der Waals surface area contributed by atoms with Gasteiger partial charge in [-0.2, -0.15) is 0 Å². The molecule has 0 unspecified atom stereocenters. The number of hydrogen-bond donors (Lipinski definition) is 0. The average Bonchev–Trinajstić information content (AvgIpc) is 2.93. The summed E-state index contributed by atoms with van der Waals surface area (Å²) in [7, 11) is 3.37. The number of amides is 1. The molecule has 2 heterocycles. The molecular weight excluding hydrogens is 376 g/mol. The lowest BCUT2D eigenvalue weighted by molar-refractivity contribution is -0.132. The van der Waals surface area contributed by atoms with Crippen molar-refractivity contribution >= 4 is 5.91 Å². The van der Waals surface area contributed by atoms with Crippen LogP contribution < -0.4 is 9.47 Å². The first-order valence-corrected chi connectivity index (χ1v) is 10.9. The van der Waals surface area contributed by atoms with Crippen LogP contribution in [0.3, 0.4) is 0 Å². The summed E-state index contributed by atoms with van der Waals surface area (Å²) in [5.74, 6) is 3.18. The van der Waals surface area contributed by atoms with E-state index in [1.807, 2.05) is 29.2 Å². The maximum absolute atomic E-state index is 12.9. The number of fused-ring (bicyclic) bond motifs is 1. The maximum atomic E-state index is 12.9. The zero-order valence-electron chi connectivity index (χ0n) is 18.0. The largest absolute Gasteiger partial charge is 0.497 e. The van der Waals surface area contributed by atoms with Crippen molar-refractivity contribution in [2.75, 3.05) is 33.9 Å². The van der Waals surface area contributed by atoms with E-state index in [1.54, 1.807) is 14.2 Å². The minimum atomic E-state index is 0.307. The number of ether oxygens (including phenoxy) is 2. The van der Waals surface area contributed by atoms with Crippen molar-refractivity contribution < 1.29 is 14.3 Å². The predicted octanol–water partition coefficient (Wildman–Crippen LogP) is 3.96. The van der Waals surface area contributed by atoms with Crippen LogP contribution >= 0.6 is 0 Å². The van der Waals surface area contributed by atoms with E-state index in [-0.39, 0.29) is 0 Å². The van der Waals surface area contributed by atoms with Crippen LogP contribution in [0.2, 0.25) is 0 Å². The lowest BCUT2D eigenvalue weighted by Gasteiger charge is -2.37. The van der Waals surface area contributed by atoms with Gasteiger partial charge in [0.2, 0.25) is 5.91 Å². The van der Waals surface area contributed by atoms with Gasteiger partial charge in [0, 0.05) is 32.6 Å². The van der Waals surface area contributed by atoms with E-state index in [2.05, 4.69) is 29.2 Å². The topological polar surface area (TPSA) is 42.0 Å². The standard InChI is InChI=1S/C25H32N2O3/c1-29-23-7-3-19(4-8-23)16-26-13-11-21-15-25(28)27(14-12-22(21)18-26)17-20-5-9-24(30-2)10-6-20/h3-10,21-22H,11-18H2,1-2H3/t21-,22+/m1/s1. The number of nitrogens with zero attached hydrogens (tertiary/aromatic N) is 2. The number of piperidine rings is 1. The van der Waals surface area contributed by atoms with Crippen molar-refractivity contribution in [3.05, 3.63) is 59.7 Å². The highest BCUT2D eigenvalue weighted by atomic mass is 16.5. The number of likely N-dealkylation sites (tertiary alicyclic amines) is 2. The zero-order valence-corrected chi connectivity index (χ0v) is 18.0. The summed E-state index contributed by atoms with van der Waals surface area (Å²) in [4.78, 5) is 17.5. The number of carbonyl (C=O) groups is 1. The van der Waals surface area contributed by atoms with Gasteiger partial charge in [0.15, 0.2) is 0 Å². The van der Waals surface area contributed by atoms with Crippen LogP contribution in [-0.2, 0) is 17.9 Å². The number of rotatable bonds is 6. The maximum Gasteiger partial charge on any atom is 0.223 e. The molecule has 1 amide bonds. The molecule has 0 saturated carbocycles. The Morgan fingerprint density at radius 1 is 0.800 bits per heavy atom. The summed E-state index contributed by atoms with van der Waals surface area (Å²) < 4.78 is 10.5. The molecule has 2 atom stereocenters. The Morgan fingerprint density at radius 2 is 1.37 bits per heavy atom. The molecule has 2 aliphatic rings. The highest BCUT2D eigenvalue weighted by molar-refractivity contribution is 5.76. The molecule has 2 fully saturated rings. The van der Waals surface area contributed by atoms with Crippen LogP contribution in [0.25, 0.3) is 0 Å². The number of benzene rings is 2. The van der Waals surface area contributed by atoms with Crippen molar-refractivity contribution in [3.63, 3.8) is 0 Å². The number of methoxy groups -OCH3 is 2. The van der Waals surface area contributed by atoms with Gasteiger partial charge in [-0.3, -0.25) is 9.69 Å². The first-order chi connectivity index (χ1) is 14.6. The molecule has 0 bridgehead atoms. The van der Waals surface area contributed by atoms with Crippen LogP contribution in [0.1, 0.15) is 30.4 Å². The Balaban J connectivity index is 1.34. The van der Waals surface area contributed by atoms with E-state index in [1.165, 1.54) is 5.56 Å². The fraction of sp³-hybridized carbons (Fsp3) is 0.480. The lowest BCUT2D eigenvalue weighted by atomic mass is 9.82. The third-order valence-corrected chi connectivity index (χ3v) is 6.63. The van der Waals surface area contributed by atoms with Crippen LogP contribution in [0, 0.1) is 11.8 Å². The van der Waals surface area contributed by atoms with Crippen molar-refractivity contribution in [2.24, 2.45) is 11.8 Å². The monoisotopic (exact) mass is 408 g/mol. The molecule has 2 aromatic carbocycles. The first kappa shape index (κ1) is 20.7. The first-order valence-electron chi connectivity index (χ1n) is 10.9. The Kier molecular flexibility index (Phi) is 6.58. The molecule has 4 rings (SSSR count). The van der Waals surface area contributed by atoms with Crippen molar-refractivity contribution in [1.29, 1.82) is 0 Å². The second kappa shape index (κ2) is 9.52. The molecule has 2 aromatic rings. The van der Waals surface area contributed by atoms with Crippen LogP contribution in [0.4, 0.5) is 0 Å². The minimum Gasteiger partial charge on any atom is -0.497 e. The van der Waals surface area contributed by atoms with Crippen molar-refractivity contribution in [3.8, 4) is 11.5 Å². The molecule has 5 heteroatoms. The third-order valence-electron chi connectivity index (χ3n) is 6.63. The van der Waals surface area contributed by atoms with Crippen molar-refractivity contribution in [2.45, 2.75) is 32.4 Å². The van der Waals surface area contributed by atoms with Gasteiger partial charge < -0.3 is 14.4 Å². The van der Waals surface area contributed by atoms with Crippen LogP contribution in [0.15, 0.2) is 48.5 Å². The Bertz CT molecular complexity index is 834. The molecular formula is C25H32N2O3. The Morgan fingerprint density at radius 3 is 1.97 bits per heavy atom. The fourth-order valence-corrected chi connectivity index (χ4v) is 4.80. The quantitative estimate of drug-likeness (QED) is 0.726. The lowest BCUT2D eigenvalue weighted by Crippen LogP contribution is -2.40. The third kappa shape index (κ3) is 4.96. The minimum absolute atomic E-state index is 0.307. The molecule has 0 spiro atoms. The molecule has 0 aliphatic carbocycles. The number of carbonyl (C=O) groups excluding carboxylic acids is 1. The summed E-state index contributed by atoms with van der Waals surface area (Å²) in [6, 6.07) is 16.4. The summed E-state index contributed by atoms with van der Waals surface area (Å²) in [6.45, 7) is 4.66. The van der Waals surface area contributed by atoms with Gasteiger partial charge in [0.05, 0.1) is 14.2 Å². The molecule has 30 heavy (non-hydrogen) atoms. The van der Waals surface area contributed by atoms with Gasteiger partial charge in [-0.1, -0.05) is 24.3 Å². The smallest absolute Gasteiger partial charge is 0.223 e. The van der Waals surface area contributed by atoms with Gasteiger partial charge in [-0.05, 0) is 66.6 Å². The van der Waals surface area contributed by atoms with Crippen LogP contribution in [-0.4, -0.2) is 49.6 Å². The second-order valence-electron chi connectivity index (χ2n) is 8.55. The van der Waals surface area contributed by atoms with E-state index in [0.717, 1.165) is 56.1 Å². The molecule has 0 aromatic heterocycles. The average molecular weight is 409 g/mol. The van der Waals surface area contributed by atoms with Gasteiger partial charge in [0.25, 0.3) is 0 Å². The normalized spacial score (nSPS) is 22.3. The summed E-state index contributed by atoms with van der Waals surface area (Å²) >= 11 is 0. The molecule has 0 radical (unpaired) electrons. The Hall–Kier alpha value is -2.53. The molecule has 2 aliphatic heterocycles. The van der Waals surface area contributed by atoms with Gasteiger partial charge in [-0.15, -0.1) is 0 Å². The van der Waals surface area contributed by atoms with E-state index >= 15 is 0 Å². The zero-order chi connectivity index (χ0) is 20.9. The van der Waals surface area contributed by atoms with E-state index in [0.29, 0.717) is 30.7 Å². The Labute approximate surface area is 179 Å².